The van der Waals surface area contributed by atoms with Gasteiger partial charge in [-0.1, -0.05) is 71.9 Å². The lowest BCUT2D eigenvalue weighted by Gasteiger charge is -2.30. The molecular formula is C22H28O2. The Hall–Kier alpha value is -2.09. The van der Waals surface area contributed by atoms with E-state index in [9.17, 15) is 9.90 Å². The van der Waals surface area contributed by atoms with Gasteiger partial charge in [0.2, 0.25) is 0 Å². The average molecular weight is 324 g/mol. The van der Waals surface area contributed by atoms with Crippen molar-refractivity contribution >= 4 is 5.78 Å². The lowest BCUT2D eigenvalue weighted by atomic mass is 9.75. The van der Waals surface area contributed by atoms with Crippen molar-refractivity contribution in [3.8, 4) is 5.75 Å². The molecule has 0 unspecified atom stereocenters. The minimum Gasteiger partial charge on any atom is -0.507 e. The number of carbonyl (C=O) groups excluding carboxylic acids is 1. The van der Waals surface area contributed by atoms with Gasteiger partial charge in [0.25, 0.3) is 0 Å². The number of phenols is 1. The summed E-state index contributed by atoms with van der Waals surface area (Å²) in [5.74, 6) is 0.321. The first-order chi connectivity index (χ1) is 10.9. The molecule has 2 nitrogen and oxygen atoms in total. The number of hydrogen-bond donors (Lipinski definition) is 1. The molecule has 0 saturated heterocycles. The van der Waals surface area contributed by atoms with Crippen molar-refractivity contribution in [2.24, 2.45) is 0 Å². The molecule has 2 rings (SSSR count). The Kier molecular flexibility index (Phi) is 4.63. The van der Waals surface area contributed by atoms with Crippen molar-refractivity contribution in [3.63, 3.8) is 0 Å². The van der Waals surface area contributed by atoms with Gasteiger partial charge >= 0.3 is 0 Å². The molecule has 0 atom stereocenters. The normalized spacial score (nSPS) is 12.3. The van der Waals surface area contributed by atoms with E-state index in [1.165, 1.54) is 0 Å². The third-order valence-electron chi connectivity index (χ3n) is 4.40. The zero-order valence-corrected chi connectivity index (χ0v) is 15.8. The van der Waals surface area contributed by atoms with Gasteiger partial charge in [0, 0.05) is 22.3 Å². The number of hydrogen-bond acceptors (Lipinski definition) is 2. The summed E-state index contributed by atoms with van der Waals surface area (Å²) in [6.45, 7) is 14.3. The van der Waals surface area contributed by atoms with E-state index in [2.05, 4.69) is 41.5 Å². The average Bonchev–Trinajstić information content (AvgIpc) is 2.45. The van der Waals surface area contributed by atoms with Crippen LogP contribution in [-0.2, 0) is 10.8 Å². The summed E-state index contributed by atoms with van der Waals surface area (Å²) in [5.41, 5.74) is 3.39. The van der Waals surface area contributed by atoms with Crippen molar-refractivity contribution in [1.29, 1.82) is 0 Å². The van der Waals surface area contributed by atoms with E-state index in [0.29, 0.717) is 16.9 Å². The third-order valence-corrected chi connectivity index (χ3v) is 4.40. The number of carbonyl (C=O) groups is 1. The van der Waals surface area contributed by atoms with Crippen LogP contribution < -0.4 is 0 Å². The maximum Gasteiger partial charge on any atom is 0.193 e. The number of rotatable bonds is 2. The fourth-order valence-electron chi connectivity index (χ4n) is 3.24. The predicted octanol–water partition coefficient (Wildman–Crippen LogP) is 5.53. The SMILES string of the molecule is Cc1c(C(=O)c2ccccc2)cc(C(C)(C)C)c(O)c1C(C)(C)C. The number of ketones is 1. The molecule has 0 radical (unpaired) electrons. The van der Waals surface area contributed by atoms with E-state index in [0.717, 1.165) is 16.7 Å². The molecule has 0 aliphatic heterocycles. The van der Waals surface area contributed by atoms with Gasteiger partial charge < -0.3 is 5.11 Å². The molecular weight excluding hydrogens is 296 g/mol. The Bertz CT molecular complexity index is 757. The summed E-state index contributed by atoms with van der Waals surface area (Å²) in [7, 11) is 0. The number of phenolic OH excluding ortho intramolecular Hbond substituents is 1. The van der Waals surface area contributed by atoms with E-state index >= 15 is 0 Å². The molecule has 24 heavy (non-hydrogen) atoms. The summed E-state index contributed by atoms with van der Waals surface area (Å²) >= 11 is 0. The second-order valence-corrected chi connectivity index (χ2v) is 8.52. The minimum atomic E-state index is -0.249. The molecule has 0 saturated carbocycles. The van der Waals surface area contributed by atoms with Gasteiger partial charge in [-0.25, -0.2) is 0 Å². The summed E-state index contributed by atoms with van der Waals surface area (Å²) in [6, 6.07) is 11.2. The van der Waals surface area contributed by atoms with E-state index in [1.807, 2.05) is 43.3 Å². The van der Waals surface area contributed by atoms with Crippen molar-refractivity contribution in [2.75, 3.05) is 0 Å². The molecule has 128 valence electrons. The van der Waals surface area contributed by atoms with Crippen LogP contribution in [0.1, 0.15) is 74.2 Å². The molecule has 0 bridgehead atoms. The topological polar surface area (TPSA) is 37.3 Å². The molecule has 0 aliphatic carbocycles. The minimum absolute atomic E-state index is 0.00380. The highest BCUT2D eigenvalue weighted by Gasteiger charge is 2.30. The summed E-state index contributed by atoms with van der Waals surface area (Å²) in [5, 5.41) is 10.9. The summed E-state index contributed by atoms with van der Waals surface area (Å²) in [6.07, 6.45) is 0. The van der Waals surface area contributed by atoms with Crippen molar-refractivity contribution < 1.29 is 9.90 Å². The van der Waals surface area contributed by atoms with Crippen LogP contribution in [0.4, 0.5) is 0 Å². The molecule has 0 aromatic heterocycles. The van der Waals surface area contributed by atoms with Gasteiger partial charge in [-0.15, -0.1) is 0 Å². The lowest BCUT2D eigenvalue weighted by Crippen LogP contribution is -2.21. The Morgan fingerprint density at radius 1 is 0.917 bits per heavy atom. The van der Waals surface area contributed by atoms with Gasteiger partial charge in [0.15, 0.2) is 5.78 Å². The van der Waals surface area contributed by atoms with E-state index in [-0.39, 0.29) is 16.6 Å². The number of aromatic hydroxyl groups is 1. The Morgan fingerprint density at radius 2 is 1.46 bits per heavy atom. The fraction of sp³-hybridized carbons (Fsp3) is 0.409. The summed E-state index contributed by atoms with van der Waals surface area (Å²) < 4.78 is 0. The second kappa shape index (κ2) is 6.08. The molecule has 0 fully saturated rings. The molecule has 0 spiro atoms. The zero-order chi connectivity index (χ0) is 18.3. The highest BCUT2D eigenvalue weighted by molar-refractivity contribution is 6.10. The molecule has 2 aromatic carbocycles. The van der Waals surface area contributed by atoms with Crippen LogP contribution >= 0.6 is 0 Å². The van der Waals surface area contributed by atoms with Crippen LogP contribution in [0.5, 0.6) is 5.75 Å². The standard InChI is InChI=1S/C22H28O2/c1-14-16(19(23)15-11-9-8-10-12-15)13-17(21(2,3)4)20(24)18(14)22(5,6)7/h8-13,24H,1-7H3. The maximum absolute atomic E-state index is 13.1. The predicted molar refractivity (Wildman–Crippen MR) is 100 cm³/mol. The fourth-order valence-corrected chi connectivity index (χ4v) is 3.24. The molecule has 0 heterocycles. The molecule has 1 N–H and O–H groups in total. The Balaban J connectivity index is 2.80. The largest absolute Gasteiger partial charge is 0.507 e. The van der Waals surface area contributed by atoms with Crippen LogP contribution in [0.3, 0.4) is 0 Å². The highest BCUT2D eigenvalue weighted by Crippen LogP contribution is 2.42. The van der Waals surface area contributed by atoms with Gasteiger partial charge in [-0.05, 0) is 29.4 Å². The monoisotopic (exact) mass is 324 g/mol. The van der Waals surface area contributed by atoms with E-state index < -0.39 is 0 Å². The molecule has 0 aliphatic rings. The lowest BCUT2D eigenvalue weighted by molar-refractivity contribution is 0.103. The van der Waals surface area contributed by atoms with Crippen LogP contribution in [0.15, 0.2) is 36.4 Å². The first-order valence-corrected chi connectivity index (χ1v) is 8.42. The van der Waals surface area contributed by atoms with E-state index in [4.69, 9.17) is 0 Å². The maximum atomic E-state index is 13.1. The van der Waals surface area contributed by atoms with Crippen LogP contribution in [-0.4, -0.2) is 10.9 Å². The third kappa shape index (κ3) is 3.38. The van der Waals surface area contributed by atoms with E-state index in [1.54, 1.807) is 0 Å². The quantitative estimate of drug-likeness (QED) is 0.738. The van der Waals surface area contributed by atoms with Crippen LogP contribution in [0, 0.1) is 6.92 Å². The molecule has 2 heteroatoms. The smallest absolute Gasteiger partial charge is 0.193 e. The highest BCUT2D eigenvalue weighted by atomic mass is 16.3. The van der Waals surface area contributed by atoms with Gasteiger partial charge in [0.1, 0.15) is 5.75 Å². The van der Waals surface area contributed by atoms with Crippen LogP contribution in [0.2, 0.25) is 0 Å². The Morgan fingerprint density at radius 3 is 1.92 bits per heavy atom. The Labute approximate surface area is 145 Å². The number of benzene rings is 2. The van der Waals surface area contributed by atoms with Gasteiger partial charge in [-0.2, -0.15) is 0 Å². The molecule has 0 amide bonds. The zero-order valence-electron chi connectivity index (χ0n) is 15.8. The first kappa shape index (κ1) is 18.3. The van der Waals surface area contributed by atoms with Crippen LogP contribution in [0.25, 0.3) is 0 Å². The van der Waals surface area contributed by atoms with Gasteiger partial charge in [0.05, 0.1) is 0 Å². The second-order valence-electron chi connectivity index (χ2n) is 8.52. The van der Waals surface area contributed by atoms with Gasteiger partial charge in [-0.3, -0.25) is 4.79 Å². The summed E-state index contributed by atoms with van der Waals surface area (Å²) in [4.78, 5) is 13.1. The van der Waals surface area contributed by atoms with Crippen molar-refractivity contribution in [1.82, 2.24) is 0 Å². The first-order valence-electron chi connectivity index (χ1n) is 8.42. The van der Waals surface area contributed by atoms with Crippen molar-refractivity contribution in [2.45, 2.75) is 59.3 Å². The molecule has 2 aromatic rings. The van der Waals surface area contributed by atoms with Crippen molar-refractivity contribution in [3.05, 3.63) is 64.2 Å².